The van der Waals surface area contributed by atoms with Gasteiger partial charge in [0.2, 0.25) is 0 Å². The van der Waals surface area contributed by atoms with E-state index in [0.717, 1.165) is 117 Å². The van der Waals surface area contributed by atoms with Crippen LogP contribution in [0, 0.1) is 55.4 Å². The molecule has 45 heavy (non-hydrogen) atoms. The Kier molecular flexibility index (Phi) is 7.66. The van der Waals surface area contributed by atoms with Crippen LogP contribution in [0.25, 0.3) is 33.4 Å². The van der Waals surface area contributed by atoms with Crippen LogP contribution in [-0.4, -0.2) is 0 Å². The fourth-order valence-corrected chi connectivity index (χ4v) is 6.57. The summed E-state index contributed by atoms with van der Waals surface area (Å²) in [6.07, 6.45) is 0. The van der Waals surface area contributed by atoms with Crippen molar-refractivity contribution in [3.8, 4) is 22.5 Å². The molecular formula is C39H40N4OS. The molecule has 4 aromatic rings. The summed E-state index contributed by atoms with van der Waals surface area (Å²) in [6, 6.07) is 20.7. The smallest absolute Gasteiger partial charge is 0.137 e. The molecule has 2 aliphatic rings. The monoisotopic (exact) mass is 612 g/mol. The molecule has 228 valence electrons. The highest BCUT2D eigenvalue weighted by Crippen LogP contribution is 2.43. The number of nitrogen functional groups attached to an aromatic ring is 2. The quantitative estimate of drug-likeness (QED) is 0.0906. The molecule has 0 spiro atoms. The number of benzene rings is 5. The Bertz CT molecular complexity index is 2150. The lowest BCUT2D eigenvalue weighted by atomic mass is 9.93. The van der Waals surface area contributed by atoms with Crippen molar-refractivity contribution in [2.45, 2.75) is 60.3 Å². The van der Waals surface area contributed by atoms with E-state index in [1.54, 1.807) is 0 Å². The van der Waals surface area contributed by atoms with Crippen LogP contribution in [0.15, 0.2) is 75.0 Å². The molecule has 0 radical (unpaired) electrons. The summed E-state index contributed by atoms with van der Waals surface area (Å²) in [4.78, 5) is 6.02. The van der Waals surface area contributed by atoms with E-state index in [1.165, 1.54) is 0 Å². The van der Waals surface area contributed by atoms with Gasteiger partial charge >= 0.3 is 0 Å². The van der Waals surface area contributed by atoms with Crippen LogP contribution in [0.1, 0.15) is 44.5 Å². The van der Waals surface area contributed by atoms with Gasteiger partial charge in [-0.2, -0.15) is 0 Å². The molecule has 0 saturated carbocycles. The summed E-state index contributed by atoms with van der Waals surface area (Å²) in [7, 11) is 0. The van der Waals surface area contributed by atoms with E-state index in [9.17, 15) is 0 Å². The number of nitrogens with zero attached hydrogens (tertiary/aromatic N) is 1. The Labute approximate surface area is 270 Å². The van der Waals surface area contributed by atoms with Crippen molar-refractivity contribution >= 4 is 52.0 Å². The minimum Gasteiger partial charge on any atom is -0.456 e. The molecule has 0 amide bonds. The summed E-state index contributed by atoms with van der Waals surface area (Å²) in [6.45, 7) is 16.6. The van der Waals surface area contributed by atoms with Gasteiger partial charge in [-0.1, -0.05) is 18.2 Å². The van der Waals surface area contributed by atoms with E-state index in [0.29, 0.717) is 0 Å². The summed E-state index contributed by atoms with van der Waals surface area (Å²) in [5.41, 5.74) is 30.1. The van der Waals surface area contributed by atoms with E-state index < -0.39 is 0 Å². The average molecular weight is 613 g/mol. The lowest BCUT2D eigenvalue weighted by Gasteiger charge is -2.21. The van der Waals surface area contributed by atoms with Crippen LogP contribution in [-0.2, 0) is 0 Å². The molecule has 0 fully saturated rings. The van der Waals surface area contributed by atoms with Gasteiger partial charge in [0, 0.05) is 56.3 Å². The Morgan fingerprint density at radius 2 is 1.24 bits per heavy atom. The highest BCUT2D eigenvalue weighted by atomic mass is 32.1. The minimum atomic E-state index is 0.748. The molecular weight excluding hydrogens is 573 g/mol. The molecule has 1 aliphatic carbocycles. The molecule has 0 aromatic heterocycles. The van der Waals surface area contributed by atoms with Crippen molar-refractivity contribution < 1.29 is 4.42 Å². The van der Waals surface area contributed by atoms with Crippen LogP contribution in [0.5, 0.6) is 0 Å². The predicted molar refractivity (Wildman–Crippen MR) is 194 cm³/mol. The molecule has 1 aliphatic heterocycles. The van der Waals surface area contributed by atoms with Crippen LogP contribution in [0.4, 0.5) is 28.4 Å². The van der Waals surface area contributed by atoms with Gasteiger partial charge in [0.25, 0.3) is 0 Å². The summed E-state index contributed by atoms with van der Waals surface area (Å²) >= 11 is 4.85. The van der Waals surface area contributed by atoms with Crippen molar-refractivity contribution in [1.29, 1.82) is 0 Å². The number of thiol groups is 1. The number of nitrogens with one attached hydrogen (secondary N) is 1. The number of hydrogen-bond donors (Lipinski definition) is 4. The third kappa shape index (κ3) is 5.03. The highest BCUT2D eigenvalue weighted by Gasteiger charge is 2.20. The van der Waals surface area contributed by atoms with Gasteiger partial charge in [0.15, 0.2) is 0 Å². The lowest BCUT2D eigenvalue weighted by molar-refractivity contribution is 0.619. The maximum absolute atomic E-state index is 6.69. The SMILES string of the molecule is Cc1c(C)c(N=c2ccc3c(-c4ccccc4S)c4ccc(Nc5c(C)c(C)c(N)c(C)c5C)cc4oc-3c2)c(C)c(C)c1N. The third-order valence-corrected chi connectivity index (χ3v) is 10.1. The van der Waals surface area contributed by atoms with Gasteiger partial charge in [0.05, 0.1) is 11.0 Å². The molecule has 4 aromatic carbocycles. The number of rotatable bonds is 4. The molecule has 5 N–H and O–H groups in total. The first-order valence-corrected chi connectivity index (χ1v) is 15.7. The highest BCUT2D eigenvalue weighted by molar-refractivity contribution is 7.80. The zero-order chi connectivity index (χ0) is 32.3. The van der Waals surface area contributed by atoms with E-state index in [2.05, 4.69) is 97.1 Å². The molecule has 1 heterocycles. The lowest BCUT2D eigenvalue weighted by Crippen LogP contribution is -2.05. The minimum absolute atomic E-state index is 0.748. The summed E-state index contributed by atoms with van der Waals surface area (Å²) < 4.78 is 6.69. The first-order chi connectivity index (χ1) is 21.4. The van der Waals surface area contributed by atoms with Crippen molar-refractivity contribution in [1.82, 2.24) is 0 Å². The first-order valence-electron chi connectivity index (χ1n) is 15.2. The van der Waals surface area contributed by atoms with Crippen LogP contribution in [0.2, 0.25) is 0 Å². The topological polar surface area (TPSA) is 89.6 Å². The zero-order valence-corrected chi connectivity index (χ0v) is 28.1. The molecule has 5 nitrogen and oxygen atoms in total. The Morgan fingerprint density at radius 3 is 1.87 bits per heavy atom. The Balaban J connectivity index is 1.59. The van der Waals surface area contributed by atoms with E-state index in [1.807, 2.05) is 24.3 Å². The fraction of sp³-hybridized carbons (Fsp3) is 0.205. The predicted octanol–water partition coefficient (Wildman–Crippen LogP) is 10.1. The van der Waals surface area contributed by atoms with Crippen LogP contribution in [0.3, 0.4) is 0 Å². The van der Waals surface area contributed by atoms with Crippen molar-refractivity contribution in [3.05, 3.63) is 111 Å². The number of hydrogen-bond acceptors (Lipinski definition) is 6. The average Bonchev–Trinajstić information content (AvgIpc) is 3.04. The van der Waals surface area contributed by atoms with Crippen molar-refractivity contribution in [3.63, 3.8) is 0 Å². The Hall–Kier alpha value is -4.68. The van der Waals surface area contributed by atoms with Gasteiger partial charge in [0.1, 0.15) is 11.3 Å². The van der Waals surface area contributed by atoms with Crippen LogP contribution < -0.4 is 22.1 Å². The van der Waals surface area contributed by atoms with E-state index in [4.69, 9.17) is 33.5 Å². The van der Waals surface area contributed by atoms with Gasteiger partial charge in [-0.05, 0) is 136 Å². The number of anilines is 4. The second-order valence-corrected chi connectivity index (χ2v) is 12.7. The standard InChI is InChI=1S/C39H40N4OS/c1-19-23(5)38(24(6)20(2)36(19)40)42-27-13-15-29-32(17-27)44-33-18-28(43-39-25(7)21(3)37(41)22(4)26(39)8)14-16-30(33)35(29)31-11-9-10-12-34(31)45/h9-18,42,45H,40-41H2,1-8H3. The summed E-state index contributed by atoms with van der Waals surface area (Å²) in [5.74, 6) is 0.748. The normalized spacial score (nSPS) is 12.0. The summed E-state index contributed by atoms with van der Waals surface area (Å²) in [5, 5.41) is 5.50. The maximum Gasteiger partial charge on any atom is 0.137 e. The van der Waals surface area contributed by atoms with Gasteiger partial charge < -0.3 is 21.2 Å². The fourth-order valence-electron chi connectivity index (χ4n) is 6.29. The zero-order valence-electron chi connectivity index (χ0n) is 27.2. The van der Waals surface area contributed by atoms with Gasteiger partial charge in [-0.3, -0.25) is 0 Å². The van der Waals surface area contributed by atoms with Crippen molar-refractivity contribution in [2.24, 2.45) is 4.99 Å². The molecule has 6 heteroatoms. The molecule has 0 saturated heterocycles. The molecule has 0 bridgehead atoms. The Morgan fingerprint density at radius 1 is 0.644 bits per heavy atom. The number of fused-ring (bicyclic) bond motifs is 2. The largest absolute Gasteiger partial charge is 0.456 e. The second-order valence-electron chi connectivity index (χ2n) is 12.2. The number of nitrogens with two attached hydrogens (primary N) is 2. The maximum atomic E-state index is 6.69. The molecule has 0 unspecified atom stereocenters. The van der Waals surface area contributed by atoms with E-state index in [-0.39, 0.29) is 0 Å². The third-order valence-electron chi connectivity index (χ3n) is 9.72. The first kappa shape index (κ1) is 30.4. The second kappa shape index (κ2) is 11.4. The van der Waals surface area contributed by atoms with Gasteiger partial charge in [-0.15, -0.1) is 12.6 Å². The van der Waals surface area contributed by atoms with Crippen molar-refractivity contribution in [2.75, 3.05) is 16.8 Å². The van der Waals surface area contributed by atoms with Gasteiger partial charge in [-0.25, -0.2) is 4.99 Å². The molecule has 0 atom stereocenters. The molecule has 6 rings (SSSR count). The van der Waals surface area contributed by atoms with E-state index >= 15 is 0 Å². The van der Waals surface area contributed by atoms with Crippen LogP contribution >= 0.6 is 12.6 Å².